The van der Waals surface area contributed by atoms with Gasteiger partial charge >= 0.3 is 12.2 Å². The first-order valence-electron chi connectivity index (χ1n) is 10.6. The Balaban J connectivity index is 1.60. The number of carbonyl (C=O) groups is 3. The van der Waals surface area contributed by atoms with Crippen molar-refractivity contribution in [3.63, 3.8) is 0 Å². The minimum atomic E-state index is -4.78. The zero-order chi connectivity index (χ0) is 25.7. The van der Waals surface area contributed by atoms with Crippen molar-refractivity contribution < 1.29 is 37.1 Å². The zero-order valence-corrected chi connectivity index (χ0v) is 19.9. The van der Waals surface area contributed by atoms with Gasteiger partial charge in [0.25, 0.3) is 5.91 Å². The molecule has 4 rings (SSSR count). The van der Waals surface area contributed by atoms with Crippen LogP contribution < -0.4 is 5.32 Å². The van der Waals surface area contributed by atoms with Gasteiger partial charge in [-0.1, -0.05) is 34.1 Å². The molecule has 1 unspecified atom stereocenters. The number of rotatable bonds is 5. The van der Waals surface area contributed by atoms with E-state index in [4.69, 9.17) is 0 Å². The van der Waals surface area contributed by atoms with E-state index in [1.54, 1.807) is 18.2 Å². The first-order valence-corrected chi connectivity index (χ1v) is 11.4. The van der Waals surface area contributed by atoms with Crippen LogP contribution >= 0.6 is 15.9 Å². The molecule has 2 aromatic carbocycles. The van der Waals surface area contributed by atoms with Gasteiger partial charge < -0.3 is 15.3 Å². The van der Waals surface area contributed by atoms with E-state index in [-0.39, 0.29) is 12.0 Å². The number of amides is 4. The van der Waals surface area contributed by atoms with Crippen LogP contribution in [0.5, 0.6) is 0 Å². The molecule has 0 bridgehead atoms. The minimum Gasteiger partial charge on any atom is -0.388 e. The molecule has 2 aliphatic rings. The summed E-state index contributed by atoms with van der Waals surface area (Å²) in [7, 11) is 0. The second-order valence-electron chi connectivity index (χ2n) is 8.54. The van der Waals surface area contributed by atoms with Gasteiger partial charge in [-0.25, -0.2) is 9.18 Å². The number of benzene rings is 2. The molecule has 1 aliphatic heterocycles. The number of urea groups is 1. The Morgan fingerprint density at radius 2 is 1.91 bits per heavy atom. The molecule has 12 heteroatoms. The third-order valence-electron chi connectivity index (χ3n) is 6.33. The number of imide groups is 1. The largest absolute Gasteiger partial charge is 0.408 e. The highest BCUT2D eigenvalue weighted by atomic mass is 79.9. The molecule has 1 heterocycles. The standard InChI is InChI=1S/C23H20BrF4N3O4/c1-12(23(26,27)28)30(10-13-2-5-15(25)6-3-13)19(33)11-31-20(34)22(29-21(31)35)9-18(32)16-8-14(24)4-7-17(16)22/h2-8,12,18,32H,9-11H2,1H3,(H,29,35)/t12?,18-,22-/m0/s1. The van der Waals surface area contributed by atoms with Gasteiger partial charge in [-0.2, -0.15) is 13.2 Å². The highest BCUT2D eigenvalue weighted by Gasteiger charge is 2.58. The number of alkyl halides is 3. The lowest BCUT2D eigenvalue weighted by Gasteiger charge is -2.32. The smallest absolute Gasteiger partial charge is 0.388 e. The molecule has 1 fully saturated rings. The molecule has 1 saturated heterocycles. The number of aliphatic hydroxyl groups is 1. The SMILES string of the molecule is CC(N(Cc1ccc(F)cc1)C(=O)CN1C(=O)N[C@]2(C[C@H](O)c3cc(Br)ccc32)C1=O)C(F)(F)F. The van der Waals surface area contributed by atoms with Crippen LogP contribution in [0.2, 0.25) is 0 Å². The Morgan fingerprint density at radius 3 is 2.54 bits per heavy atom. The molecule has 2 aromatic rings. The lowest BCUT2D eigenvalue weighted by molar-refractivity contribution is -0.187. The van der Waals surface area contributed by atoms with Crippen molar-refractivity contribution in [1.29, 1.82) is 0 Å². The van der Waals surface area contributed by atoms with E-state index in [0.29, 0.717) is 25.4 Å². The van der Waals surface area contributed by atoms with Gasteiger partial charge in [-0.15, -0.1) is 0 Å². The van der Waals surface area contributed by atoms with E-state index in [2.05, 4.69) is 21.2 Å². The fraction of sp³-hybridized carbons (Fsp3) is 0.348. The van der Waals surface area contributed by atoms with Crippen LogP contribution in [0.1, 0.15) is 36.1 Å². The van der Waals surface area contributed by atoms with Crippen LogP contribution in [0.3, 0.4) is 0 Å². The first kappa shape index (κ1) is 25.1. The predicted molar refractivity (Wildman–Crippen MR) is 118 cm³/mol. The fourth-order valence-electron chi connectivity index (χ4n) is 4.43. The lowest BCUT2D eigenvalue weighted by Crippen LogP contribution is -2.51. The summed E-state index contributed by atoms with van der Waals surface area (Å²) in [6, 6.07) is 6.21. The van der Waals surface area contributed by atoms with Crippen LogP contribution in [0.25, 0.3) is 0 Å². The number of hydrogen-bond donors (Lipinski definition) is 2. The summed E-state index contributed by atoms with van der Waals surface area (Å²) in [4.78, 5) is 40.1. The Labute approximate surface area is 205 Å². The molecule has 35 heavy (non-hydrogen) atoms. The molecule has 4 amide bonds. The molecule has 1 aliphatic carbocycles. The van der Waals surface area contributed by atoms with Gasteiger partial charge in [0.15, 0.2) is 0 Å². The summed E-state index contributed by atoms with van der Waals surface area (Å²) in [5.74, 6) is -2.54. The number of fused-ring (bicyclic) bond motifs is 2. The van der Waals surface area contributed by atoms with Crippen molar-refractivity contribution in [1.82, 2.24) is 15.1 Å². The maximum absolute atomic E-state index is 13.5. The van der Waals surface area contributed by atoms with Gasteiger partial charge in [0.2, 0.25) is 5.91 Å². The molecular formula is C23H20BrF4N3O4. The second kappa shape index (κ2) is 8.90. The Bertz CT molecular complexity index is 1190. The van der Waals surface area contributed by atoms with Gasteiger partial charge in [0.1, 0.15) is 23.9 Å². The first-order chi connectivity index (χ1) is 16.3. The molecule has 2 N–H and O–H groups in total. The fourth-order valence-corrected chi connectivity index (χ4v) is 4.81. The normalized spacial score (nSPS) is 22.4. The van der Waals surface area contributed by atoms with E-state index in [1.165, 1.54) is 12.1 Å². The maximum Gasteiger partial charge on any atom is 0.408 e. The number of nitrogens with zero attached hydrogens (tertiary/aromatic N) is 2. The highest BCUT2D eigenvalue weighted by molar-refractivity contribution is 9.10. The number of carbonyl (C=O) groups excluding carboxylic acids is 3. The number of hydrogen-bond acceptors (Lipinski definition) is 4. The van der Waals surface area contributed by atoms with Crippen molar-refractivity contribution in [2.45, 2.75) is 43.8 Å². The average Bonchev–Trinajstić information content (AvgIpc) is 3.19. The molecule has 0 saturated carbocycles. The molecule has 1 spiro atoms. The molecule has 0 aromatic heterocycles. The summed E-state index contributed by atoms with van der Waals surface area (Å²) in [6.45, 7) is -0.656. The summed E-state index contributed by atoms with van der Waals surface area (Å²) in [6.07, 6.45) is -6.02. The average molecular weight is 558 g/mol. The topological polar surface area (TPSA) is 90.0 Å². The minimum absolute atomic E-state index is 0.174. The molecule has 0 radical (unpaired) electrons. The zero-order valence-electron chi connectivity index (χ0n) is 18.3. The van der Waals surface area contributed by atoms with Gasteiger partial charge in [-0.3, -0.25) is 14.5 Å². The molecule has 3 atom stereocenters. The Kier molecular flexibility index (Phi) is 6.39. The van der Waals surface area contributed by atoms with Crippen molar-refractivity contribution in [3.05, 3.63) is 69.4 Å². The summed E-state index contributed by atoms with van der Waals surface area (Å²) in [5, 5.41) is 13.0. The van der Waals surface area contributed by atoms with Crippen LogP contribution in [0.15, 0.2) is 46.9 Å². The van der Waals surface area contributed by atoms with Crippen LogP contribution in [0.4, 0.5) is 22.4 Å². The van der Waals surface area contributed by atoms with E-state index in [9.17, 15) is 37.1 Å². The van der Waals surface area contributed by atoms with Gasteiger partial charge in [-0.05, 0) is 47.9 Å². The van der Waals surface area contributed by atoms with Crippen molar-refractivity contribution in [3.8, 4) is 0 Å². The van der Waals surface area contributed by atoms with E-state index >= 15 is 0 Å². The second-order valence-corrected chi connectivity index (χ2v) is 9.46. The maximum atomic E-state index is 13.5. The Morgan fingerprint density at radius 1 is 1.26 bits per heavy atom. The molecule has 186 valence electrons. The van der Waals surface area contributed by atoms with Crippen LogP contribution in [0, 0.1) is 5.82 Å². The summed E-state index contributed by atoms with van der Waals surface area (Å²) >= 11 is 3.28. The van der Waals surface area contributed by atoms with E-state index in [1.807, 2.05) is 0 Å². The van der Waals surface area contributed by atoms with E-state index < -0.39 is 60.6 Å². The van der Waals surface area contributed by atoms with Gasteiger partial charge in [0, 0.05) is 17.4 Å². The molecular weight excluding hydrogens is 538 g/mol. The Hall–Kier alpha value is -2.99. The third kappa shape index (κ3) is 4.52. The third-order valence-corrected chi connectivity index (χ3v) is 6.82. The van der Waals surface area contributed by atoms with Crippen molar-refractivity contribution >= 4 is 33.8 Å². The van der Waals surface area contributed by atoms with Gasteiger partial charge in [0.05, 0.1) is 6.10 Å². The number of aliphatic hydroxyl groups excluding tert-OH is 1. The monoisotopic (exact) mass is 557 g/mol. The number of halogens is 5. The summed E-state index contributed by atoms with van der Waals surface area (Å²) < 4.78 is 54.5. The number of nitrogens with one attached hydrogen (secondary N) is 1. The lowest BCUT2D eigenvalue weighted by atomic mass is 9.92. The predicted octanol–water partition coefficient (Wildman–Crippen LogP) is 3.75. The van der Waals surface area contributed by atoms with E-state index in [0.717, 1.165) is 19.1 Å². The molecule has 7 nitrogen and oxygen atoms in total. The van der Waals surface area contributed by atoms with Crippen LogP contribution in [-0.2, 0) is 21.7 Å². The van der Waals surface area contributed by atoms with Crippen LogP contribution in [-0.4, -0.2) is 51.5 Å². The summed E-state index contributed by atoms with van der Waals surface area (Å²) in [5.41, 5.74) is -0.606. The quantitative estimate of drug-likeness (QED) is 0.433. The van der Waals surface area contributed by atoms with Crippen molar-refractivity contribution in [2.24, 2.45) is 0 Å². The van der Waals surface area contributed by atoms with Crippen molar-refractivity contribution in [2.75, 3.05) is 6.54 Å². The highest BCUT2D eigenvalue weighted by Crippen LogP contribution is 2.47.